The predicted molar refractivity (Wildman–Crippen MR) is 90.4 cm³/mol. The van der Waals surface area contributed by atoms with E-state index in [1.807, 2.05) is 0 Å². The van der Waals surface area contributed by atoms with Crippen molar-refractivity contribution in [2.75, 3.05) is 8.86 Å². The number of hydrogen-bond acceptors (Lipinski definition) is 6. The van der Waals surface area contributed by atoms with Crippen molar-refractivity contribution in [3.8, 4) is 0 Å². The molecule has 0 aliphatic carbocycles. The Morgan fingerprint density at radius 2 is 1.20 bits per heavy atom. The van der Waals surface area contributed by atoms with Crippen molar-refractivity contribution in [3.05, 3.63) is 0 Å². The van der Waals surface area contributed by atoms with Crippen LogP contribution in [0.4, 0.5) is 0 Å². The van der Waals surface area contributed by atoms with E-state index < -0.39 is 17.9 Å². The number of alkyl halides is 2. The average molecular weight is 509 g/mol. The number of halogens is 2. The number of ether oxygens (including phenoxy) is 2. The molecule has 6 nitrogen and oxygen atoms in total. The molecule has 0 bridgehead atoms. The van der Waals surface area contributed by atoms with Crippen LogP contribution in [0.25, 0.3) is 0 Å². The molecule has 0 aromatic heterocycles. The Kier molecular flexibility index (Phi) is 12.3. The second kappa shape index (κ2) is 12.5. The minimum Gasteiger partial charge on any atom is -0.412 e. The highest BCUT2D eigenvalue weighted by Crippen LogP contribution is 2.03. The first-order chi connectivity index (χ1) is 9.49. The summed E-state index contributed by atoms with van der Waals surface area (Å²) in [5.41, 5.74) is 0. The Morgan fingerprint density at radius 1 is 0.750 bits per heavy atom. The first-order valence-electron chi connectivity index (χ1n) is 6.13. The highest BCUT2D eigenvalue weighted by Gasteiger charge is 2.13. The number of carbonyl (C=O) groups is 3. The minimum absolute atomic E-state index is 0.0472. The summed E-state index contributed by atoms with van der Waals surface area (Å²) in [6.07, 6.45) is 1.63. The van der Waals surface area contributed by atoms with E-state index in [0.29, 0.717) is 12.8 Å². The van der Waals surface area contributed by atoms with Gasteiger partial charge in [0, 0.05) is 28.1 Å². The molecule has 0 spiro atoms. The lowest BCUT2D eigenvalue weighted by Crippen LogP contribution is -2.16. The van der Waals surface area contributed by atoms with Crippen LogP contribution in [-0.2, 0) is 23.9 Å². The van der Waals surface area contributed by atoms with Crippen molar-refractivity contribution < 1.29 is 23.9 Å². The van der Waals surface area contributed by atoms with E-state index in [9.17, 15) is 14.4 Å². The third-order valence-electron chi connectivity index (χ3n) is 2.05. The number of rotatable bonds is 9. The molecule has 8 heteroatoms. The van der Waals surface area contributed by atoms with E-state index in [0.717, 1.165) is 8.86 Å². The normalized spacial score (nSPS) is 9.90. The van der Waals surface area contributed by atoms with Gasteiger partial charge in [0.05, 0.1) is 6.42 Å². The van der Waals surface area contributed by atoms with Gasteiger partial charge in [-0.15, -0.1) is 0 Å². The summed E-state index contributed by atoms with van der Waals surface area (Å²) in [6.45, 7) is 0. The van der Waals surface area contributed by atoms with Gasteiger partial charge in [-0.3, -0.25) is 19.8 Å². The van der Waals surface area contributed by atoms with E-state index in [-0.39, 0.29) is 31.6 Å². The second-order valence-corrected chi connectivity index (χ2v) is 5.99. The molecule has 0 radical (unpaired) electrons. The zero-order valence-electron chi connectivity index (χ0n) is 11.0. The molecule has 0 aromatic rings. The molecule has 0 amide bonds. The van der Waals surface area contributed by atoms with Crippen molar-refractivity contribution in [2.24, 2.45) is 0 Å². The molecule has 0 saturated carbocycles. The maximum atomic E-state index is 11.3. The topological polar surface area (TPSA) is 93.5 Å². The van der Waals surface area contributed by atoms with Crippen LogP contribution in [0, 0.1) is 5.41 Å². The summed E-state index contributed by atoms with van der Waals surface area (Å²) in [7, 11) is 0. The van der Waals surface area contributed by atoms with Gasteiger partial charge in [-0.1, -0.05) is 45.2 Å². The largest absolute Gasteiger partial charge is 0.412 e. The van der Waals surface area contributed by atoms with Gasteiger partial charge in [0.15, 0.2) is 5.90 Å². The fourth-order valence-corrected chi connectivity index (χ4v) is 1.87. The lowest BCUT2D eigenvalue weighted by molar-refractivity contribution is -0.159. The second-order valence-electron chi connectivity index (χ2n) is 3.83. The van der Waals surface area contributed by atoms with E-state index >= 15 is 0 Å². The Balaban J connectivity index is 3.80. The van der Waals surface area contributed by atoms with Crippen LogP contribution in [0.15, 0.2) is 0 Å². The molecule has 0 aromatic carbocycles. The molecule has 0 aliphatic rings. The van der Waals surface area contributed by atoms with Crippen LogP contribution >= 0.6 is 45.2 Å². The van der Waals surface area contributed by atoms with Crippen LogP contribution in [-0.4, -0.2) is 32.7 Å². The molecule has 0 fully saturated rings. The van der Waals surface area contributed by atoms with Crippen molar-refractivity contribution in [1.29, 1.82) is 5.41 Å². The average Bonchev–Trinajstić information content (AvgIpc) is 2.40. The van der Waals surface area contributed by atoms with E-state index in [1.54, 1.807) is 0 Å². The summed E-state index contributed by atoms with van der Waals surface area (Å²) in [4.78, 5) is 33.7. The Morgan fingerprint density at radius 3 is 1.70 bits per heavy atom. The van der Waals surface area contributed by atoms with E-state index in [2.05, 4.69) is 49.9 Å². The SMILES string of the molecule is N=C(CCC(=O)OC(=O)CCCI)OC(=O)CCCI. The molecule has 114 valence electrons. The fourth-order valence-electron chi connectivity index (χ4n) is 1.11. The fraction of sp³-hybridized carbons (Fsp3) is 0.667. The van der Waals surface area contributed by atoms with Crippen LogP contribution in [0.2, 0.25) is 0 Å². The van der Waals surface area contributed by atoms with Gasteiger partial charge in [0.1, 0.15) is 0 Å². The van der Waals surface area contributed by atoms with Crippen LogP contribution in [0.5, 0.6) is 0 Å². The molecule has 0 atom stereocenters. The molecule has 20 heavy (non-hydrogen) atoms. The van der Waals surface area contributed by atoms with Gasteiger partial charge in [0.25, 0.3) is 0 Å². The third-order valence-corrected chi connectivity index (χ3v) is 3.58. The predicted octanol–water partition coefficient (Wildman–Crippen LogP) is 2.79. The molecule has 0 rings (SSSR count). The van der Waals surface area contributed by atoms with Crippen molar-refractivity contribution in [3.63, 3.8) is 0 Å². The zero-order valence-corrected chi connectivity index (χ0v) is 15.3. The van der Waals surface area contributed by atoms with E-state index in [1.165, 1.54) is 0 Å². The molecule has 1 N–H and O–H groups in total. The van der Waals surface area contributed by atoms with Crippen molar-refractivity contribution >= 4 is 69.0 Å². The lowest BCUT2D eigenvalue weighted by Gasteiger charge is -2.05. The minimum atomic E-state index is -0.698. The number of esters is 3. The number of hydrogen-bond donors (Lipinski definition) is 1. The maximum Gasteiger partial charge on any atom is 0.313 e. The number of carbonyl (C=O) groups excluding carboxylic acids is 3. The van der Waals surface area contributed by atoms with Crippen molar-refractivity contribution in [2.45, 2.75) is 38.5 Å². The maximum absolute atomic E-state index is 11.3. The molecular weight excluding hydrogens is 492 g/mol. The molecule has 0 saturated heterocycles. The van der Waals surface area contributed by atoms with Crippen LogP contribution in [0.1, 0.15) is 38.5 Å². The summed E-state index contributed by atoms with van der Waals surface area (Å²) in [6, 6.07) is 0. The summed E-state index contributed by atoms with van der Waals surface area (Å²) >= 11 is 4.28. The Labute approximate surface area is 145 Å². The highest BCUT2D eigenvalue weighted by atomic mass is 127. The van der Waals surface area contributed by atoms with Gasteiger partial charge in [-0.2, -0.15) is 0 Å². The van der Waals surface area contributed by atoms with Crippen molar-refractivity contribution in [1.82, 2.24) is 0 Å². The summed E-state index contributed by atoms with van der Waals surface area (Å²) in [5.74, 6) is -2.01. The first kappa shape index (κ1) is 19.7. The molecule has 0 unspecified atom stereocenters. The monoisotopic (exact) mass is 509 g/mol. The lowest BCUT2D eigenvalue weighted by atomic mass is 10.3. The highest BCUT2D eigenvalue weighted by molar-refractivity contribution is 14.1. The Hall–Kier alpha value is -0.260. The van der Waals surface area contributed by atoms with Gasteiger partial charge in [-0.05, 0) is 12.8 Å². The smallest absolute Gasteiger partial charge is 0.313 e. The van der Waals surface area contributed by atoms with Crippen LogP contribution in [0.3, 0.4) is 0 Å². The first-order valence-corrected chi connectivity index (χ1v) is 9.18. The van der Waals surface area contributed by atoms with Gasteiger partial charge in [0.2, 0.25) is 0 Å². The molecular formula is C12H17I2NO5. The molecule has 0 heterocycles. The standard InChI is InChI=1S/C12H17I2NO5/c13-7-1-3-10(16)19-9(15)5-6-12(18)20-11(17)4-2-8-14/h15H,1-8H2. The number of nitrogens with one attached hydrogen (secondary N) is 1. The third kappa shape index (κ3) is 11.6. The van der Waals surface area contributed by atoms with Gasteiger partial charge >= 0.3 is 17.9 Å². The molecule has 0 aliphatic heterocycles. The Bertz CT molecular complexity index is 326. The van der Waals surface area contributed by atoms with E-state index in [4.69, 9.17) is 10.1 Å². The van der Waals surface area contributed by atoms with Gasteiger partial charge < -0.3 is 9.47 Å². The summed E-state index contributed by atoms with van der Waals surface area (Å²) in [5, 5.41) is 7.40. The quantitative estimate of drug-likeness (QED) is 0.129. The zero-order chi connectivity index (χ0) is 15.4. The van der Waals surface area contributed by atoms with Gasteiger partial charge in [-0.25, -0.2) is 0 Å². The summed E-state index contributed by atoms with van der Waals surface area (Å²) < 4.78 is 10.9. The van der Waals surface area contributed by atoms with Crippen LogP contribution < -0.4 is 0 Å².